The van der Waals surface area contributed by atoms with Crippen LogP contribution in [0.25, 0.3) is 21.6 Å². The number of H-pyrrole nitrogens is 1. The second-order valence-electron chi connectivity index (χ2n) is 5.32. The fourth-order valence-electron chi connectivity index (χ4n) is 2.91. The van der Waals surface area contributed by atoms with Crippen molar-refractivity contribution >= 4 is 17.1 Å². The fourth-order valence-corrected chi connectivity index (χ4v) is 2.91. The van der Waals surface area contributed by atoms with Gasteiger partial charge in [-0.05, 0) is 12.0 Å². The number of anilines is 1. The van der Waals surface area contributed by atoms with Gasteiger partial charge in [0.2, 0.25) is 5.95 Å². The zero-order chi connectivity index (χ0) is 16.6. The van der Waals surface area contributed by atoms with Crippen molar-refractivity contribution in [2.45, 2.75) is 31.8 Å². The Kier molecular flexibility index (Phi) is 3.90. The van der Waals surface area contributed by atoms with Crippen LogP contribution in [0.15, 0.2) is 16.2 Å². The van der Waals surface area contributed by atoms with Crippen LogP contribution in [0.2, 0.25) is 0 Å². The molecule has 4 atom stereocenters. The van der Waals surface area contributed by atoms with Gasteiger partial charge in [-0.25, -0.2) is 4.98 Å². The van der Waals surface area contributed by atoms with E-state index in [1.165, 1.54) is 10.9 Å². The molecule has 0 spiro atoms. The van der Waals surface area contributed by atoms with Crippen molar-refractivity contribution in [3.63, 3.8) is 0 Å². The summed E-state index contributed by atoms with van der Waals surface area (Å²) in [5.41, 5.74) is 13.9. The highest BCUT2D eigenvalue weighted by Gasteiger charge is 2.43. The number of aliphatic hydroxyl groups is 1. The first-order chi connectivity index (χ1) is 11.1. The molecule has 1 aliphatic rings. The Morgan fingerprint density at radius 3 is 3.13 bits per heavy atom. The summed E-state index contributed by atoms with van der Waals surface area (Å²) in [5.74, 6) is -0.396. The van der Waals surface area contributed by atoms with Crippen molar-refractivity contribution in [1.82, 2.24) is 19.5 Å². The first kappa shape index (κ1) is 15.3. The maximum atomic E-state index is 11.8. The van der Waals surface area contributed by atoms with Crippen LogP contribution in [0.4, 0.5) is 5.95 Å². The fraction of sp³-hybridized carbons (Fsp3) is 0.583. The van der Waals surface area contributed by atoms with Crippen molar-refractivity contribution in [2.24, 2.45) is 11.0 Å². The molecule has 2 aromatic rings. The lowest BCUT2D eigenvalue weighted by molar-refractivity contribution is -0.0355. The van der Waals surface area contributed by atoms with E-state index >= 15 is 0 Å². The summed E-state index contributed by atoms with van der Waals surface area (Å²) in [6, 6.07) is 0. The maximum Gasteiger partial charge on any atom is 0.280 e. The molecule has 0 unspecified atom stereocenters. The van der Waals surface area contributed by atoms with E-state index in [0.29, 0.717) is 6.42 Å². The Hall–Kier alpha value is -2.62. The van der Waals surface area contributed by atoms with Gasteiger partial charge in [0, 0.05) is 17.4 Å². The molecule has 3 heterocycles. The molecule has 0 bridgehead atoms. The van der Waals surface area contributed by atoms with Gasteiger partial charge < -0.3 is 15.6 Å². The number of aromatic amines is 1. The van der Waals surface area contributed by atoms with Crippen LogP contribution in [0.3, 0.4) is 0 Å². The lowest BCUT2D eigenvalue weighted by Gasteiger charge is -2.17. The van der Waals surface area contributed by atoms with Gasteiger partial charge in [0.05, 0.1) is 12.4 Å². The molecule has 11 nitrogen and oxygen atoms in total. The lowest BCUT2D eigenvalue weighted by Crippen LogP contribution is -2.28. The molecule has 23 heavy (non-hydrogen) atoms. The van der Waals surface area contributed by atoms with Crippen LogP contribution in [-0.4, -0.2) is 43.4 Å². The summed E-state index contributed by atoms with van der Waals surface area (Å²) >= 11 is 0. The van der Waals surface area contributed by atoms with Crippen LogP contribution in [0, 0.1) is 5.92 Å². The Balaban J connectivity index is 2.02. The largest absolute Gasteiger partial charge is 0.388 e. The Labute approximate surface area is 129 Å². The van der Waals surface area contributed by atoms with Crippen molar-refractivity contribution in [2.75, 3.05) is 12.3 Å². The van der Waals surface area contributed by atoms with E-state index in [1.54, 1.807) is 0 Å². The van der Waals surface area contributed by atoms with Gasteiger partial charge in [-0.2, -0.15) is 4.98 Å². The Morgan fingerprint density at radius 2 is 2.43 bits per heavy atom. The molecule has 1 aliphatic heterocycles. The standard InChI is InChI=1S/C12H16N8O3/c1-2-6-5(3-16-19-14)8(21)11(23-6)20-4-15-7-9(20)17-12(13)18-10(7)22/h4-6,8,11,21H,2-3H2,1H3,(H3,13,17,18,22)/t5-,6-,8-,11-/m1/s1. The predicted octanol–water partition coefficient (Wildman–Crippen LogP) is 0.297. The number of hydrogen-bond acceptors (Lipinski definition) is 7. The summed E-state index contributed by atoms with van der Waals surface area (Å²) in [6.45, 7) is 2.03. The van der Waals surface area contributed by atoms with Gasteiger partial charge in [-0.3, -0.25) is 14.3 Å². The SMILES string of the molecule is CC[C@H]1O[C@@H](n2cnc3c(=O)[nH]c(N)nc32)[C@H](O)[C@@H]1CN=[N+]=[N-]. The zero-order valence-electron chi connectivity index (χ0n) is 12.3. The van der Waals surface area contributed by atoms with E-state index in [1.807, 2.05) is 6.92 Å². The molecule has 1 saturated heterocycles. The normalized spacial score (nSPS) is 27.2. The van der Waals surface area contributed by atoms with Crippen molar-refractivity contribution < 1.29 is 9.84 Å². The van der Waals surface area contributed by atoms with E-state index in [2.05, 4.69) is 25.0 Å². The number of aromatic nitrogens is 4. The van der Waals surface area contributed by atoms with Gasteiger partial charge in [-0.1, -0.05) is 12.0 Å². The molecule has 11 heteroatoms. The van der Waals surface area contributed by atoms with Gasteiger partial charge in [0.25, 0.3) is 5.56 Å². The average Bonchev–Trinajstić information content (AvgIpc) is 3.06. The number of nitrogens with zero attached hydrogens (tertiary/aromatic N) is 6. The third-order valence-electron chi connectivity index (χ3n) is 4.01. The topological polar surface area (TPSA) is 168 Å². The Morgan fingerprint density at radius 1 is 1.65 bits per heavy atom. The van der Waals surface area contributed by atoms with E-state index in [0.717, 1.165) is 0 Å². The molecular weight excluding hydrogens is 304 g/mol. The minimum Gasteiger partial charge on any atom is -0.388 e. The third kappa shape index (κ3) is 2.50. The molecular formula is C12H16N8O3. The van der Waals surface area contributed by atoms with Crippen molar-refractivity contribution in [3.05, 3.63) is 27.1 Å². The lowest BCUT2D eigenvalue weighted by atomic mass is 9.96. The molecule has 1 fully saturated rings. The third-order valence-corrected chi connectivity index (χ3v) is 4.01. The van der Waals surface area contributed by atoms with Crippen LogP contribution in [0.1, 0.15) is 19.6 Å². The summed E-state index contributed by atoms with van der Waals surface area (Å²) in [6.07, 6.45) is 0.0326. The number of fused-ring (bicyclic) bond motifs is 1. The van der Waals surface area contributed by atoms with Crippen LogP contribution in [0.5, 0.6) is 0 Å². The molecule has 0 aromatic carbocycles. The van der Waals surface area contributed by atoms with Crippen molar-refractivity contribution in [1.29, 1.82) is 0 Å². The van der Waals surface area contributed by atoms with E-state index in [9.17, 15) is 9.90 Å². The van der Waals surface area contributed by atoms with Crippen molar-refractivity contribution in [3.8, 4) is 0 Å². The monoisotopic (exact) mass is 320 g/mol. The average molecular weight is 320 g/mol. The smallest absolute Gasteiger partial charge is 0.280 e. The second-order valence-corrected chi connectivity index (χ2v) is 5.32. The molecule has 0 amide bonds. The predicted molar refractivity (Wildman–Crippen MR) is 80.3 cm³/mol. The molecule has 2 aromatic heterocycles. The van der Waals surface area contributed by atoms with Gasteiger partial charge in [-0.15, -0.1) is 0 Å². The number of aliphatic hydroxyl groups excluding tert-OH is 1. The molecule has 0 radical (unpaired) electrons. The number of nitrogens with one attached hydrogen (secondary N) is 1. The molecule has 3 rings (SSSR count). The number of nitrogens with two attached hydrogens (primary N) is 1. The highest BCUT2D eigenvalue weighted by atomic mass is 16.5. The second kappa shape index (κ2) is 5.88. The summed E-state index contributed by atoms with van der Waals surface area (Å²) in [4.78, 5) is 25.0. The number of rotatable bonds is 4. The van der Waals surface area contributed by atoms with E-state index in [-0.39, 0.29) is 35.7 Å². The van der Waals surface area contributed by atoms with Crippen LogP contribution in [-0.2, 0) is 4.74 Å². The molecule has 122 valence electrons. The van der Waals surface area contributed by atoms with Crippen LogP contribution >= 0.6 is 0 Å². The highest BCUT2D eigenvalue weighted by molar-refractivity contribution is 5.70. The quantitative estimate of drug-likeness (QED) is 0.415. The first-order valence-electron chi connectivity index (χ1n) is 7.13. The van der Waals surface area contributed by atoms with Gasteiger partial charge >= 0.3 is 0 Å². The minimum absolute atomic E-state index is 0.0468. The summed E-state index contributed by atoms with van der Waals surface area (Å²) in [7, 11) is 0. The molecule has 4 N–H and O–H groups in total. The highest BCUT2D eigenvalue weighted by Crippen LogP contribution is 2.36. The number of ether oxygens (including phenoxy) is 1. The van der Waals surface area contributed by atoms with E-state index < -0.39 is 17.9 Å². The number of azide groups is 1. The van der Waals surface area contributed by atoms with Gasteiger partial charge in [0.1, 0.15) is 6.10 Å². The number of hydrogen-bond donors (Lipinski definition) is 3. The zero-order valence-corrected chi connectivity index (χ0v) is 12.3. The minimum atomic E-state index is -0.926. The number of nitrogen functional groups attached to an aromatic ring is 1. The Bertz CT molecular complexity index is 823. The summed E-state index contributed by atoms with van der Waals surface area (Å²) < 4.78 is 7.34. The molecule has 0 saturated carbocycles. The molecule has 0 aliphatic carbocycles. The number of imidazole rings is 1. The maximum absolute atomic E-state index is 11.8. The van der Waals surface area contributed by atoms with Gasteiger partial charge in [0.15, 0.2) is 17.4 Å². The first-order valence-corrected chi connectivity index (χ1v) is 7.13. The van der Waals surface area contributed by atoms with Crippen LogP contribution < -0.4 is 11.3 Å². The van der Waals surface area contributed by atoms with E-state index in [4.69, 9.17) is 16.0 Å². The summed E-state index contributed by atoms with van der Waals surface area (Å²) in [5, 5.41) is 14.1.